The van der Waals surface area contributed by atoms with Gasteiger partial charge in [-0.2, -0.15) is 0 Å². The number of carboxylic acid groups (broad SMARTS) is 1. The van der Waals surface area contributed by atoms with Crippen LogP contribution in [-0.2, 0) is 10.2 Å². The molecule has 0 atom stereocenters. The monoisotopic (exact) mass is 206 g/mol. The van der Waals surface area contributed by atoms with Gasteiger partial charge in [-0.05, 0) is 18.9 Å². The summed E-state index contributed by atoms with van der Waals surface area (Å²) in [5.41, 5.74) is -0.291. The van der Waals surface area contributed by atoms with E-state index in [2.05, 4.69) is 0 Å². The first kappa shape index (κ1) is 10.0. The minimum absolute atomic E-state index is 0.0989. The van der Waals surface area contributed by atoms with E-state index < -0.39 is 11.4 Å². The molecule has 0 saturated heterocycles. The van der Waals surface area contributed by atoms with Crippen LogP contribution in [-0.4, -0.2) is 16.2 Å². The highest BCUT2D eigenvalue weighted by atomic mass is 16.4. The Morgan fingerprint density at radius 1 is 1.20 bits per heavy atom. The number of hydrogen-bond donors (Lipinski definition) is 2. The highest BCUT2D eigenvalue weighted by molar-refractivity contribution is 5.82. The lowest BCUT2D eigenvalue weighted by Gasteiger charge is -2.24. The molecule has 1 aromatic rings. The number of aliphatic carboxylic acids is 1. The fourth-order valence-corrected chi connectivity index (χ4v) is 2.46. The summed E-state index contributed by atoms with van der Waals surface area (Å²) in [5, 5.41) is 19.1. The summed E-state index contributed by atoms with van der Waals surface area (Å²) in [7, 11) is 0. The molecule has 0 bridgehead atoms. The van der Waals surface area contributed by atoms with Crippen molar-refractivity contribution < 1.29 is 15.0 Å². The lowest BCUT2D eigenvalue weighted by molar-refractivity contribution is -0.143. The molecular formula is C12H14O3. The molecule has 15 heavy (non-hydrogen) atoms. The second kappa shape index (κ2) is 3.57. The van der Waals surface area contributed by atoms with Gasteiger partial charge in [0.15, 0.2) is 0 Å². The van der Waals surface area contributed by atoms with Gasteiger partial charge in [-0.1, -0.05) is 31.0 Å². The van der Waals surface area contributed by atoms with Gasteiger partial charge in [-0.15, -0.1) is 0 Å². The van der Waals surface area contributed by atoms with Crippen LogP contribution in [0.25, 0.3) is 0 Å². The zero-order valence-corrected chi connectivity index (χ0v) is 8.44. The maximum Gasteiger partial charge on any atom is 0.314 e. The average Bonchev–Trinajstić information content (AvgIpc) is 2.68. The lowest BCUT2D eigenvalue weighted by atomic mass is 9.78. The zero-order valence-electron chi connectivity index (χ0n) is 8.44. The second-order valence-corrected chi connectivity index (χ2v) is 4.11. The van der Waals surface area contributed by atoms with Gasteiger partial charge >= 0.3 is 5.97 Å². The van der Waals surface area contributed by atoms with Gasteiger partial charge in [0.1, 0.15) is 5.75 Å². The van der Waals surface area contributed by atoms with Crippen LogP contribution in [0.2, 0.25) is 0 Å². The van der Waals surface area contributed by atoms with Crippen LogP contribution in [0, 0.1) is 0 Å². The molecule has 1 aromatic carbocycles. The minimum atomic E-state index is -0.856. The van der Waals surface area contributed by atoms with Crippen molar-refractivity contribution in [1.29, 1.82) is 0 Å². The van der Waals surface area contributed by atoms with Crippen molar-refractivity contribution in [2.75, 3.05) is 0 Å². The summed E-state index contributed by atoms with van der Waals surface area (Å²) in [4.78, 5) is 11.4. The van der Waals surface area contributed by atoms with Gasteiger partial charge < -0.3 is 10.2 Å². The third kappa shape index (κ3) is 1.48. The van der Waals surface area contributed by atoms with E-state index in [1.54, 1.807) is 24.3 Å². The van der Waals surface area contributed by atoms with Gasteiger partial charge in [0.2, 0.25) is 0 Å². The van der Waals surface area contributed by atoms with Crippen LogP contribution < -0.4 is 0 Å². The highest BCUT2D eigenvalue weighted by Gasteiger charge is 2.44. The molecule has 0 spiro atoms. The van der Waals surface area contributed by atoms with E-state index >= 15 is 0 Å². The number of aromatic hydroxyl groups is 1. The van der Waals surface area contributed by atoms with E-state index in [0.29, 0.717) is 18.4 Å². The van der Waals surface area contributed by atoms with Crippen molar-refractivity contribution in [3.05, 3.63) is 29.8 Å². The summed E-state index contributed by atoms with van der Waals surface area (Å²) >= 11 is 0. The Morgan fingerprint density at radius 3 is 2.33 bits per heavy atom. The molecule has 0 aromatic heterocycles. The van der Waals surface area contributed by atoms with Crippen LogP contribution in [0.4, 0.5) is 0 Å². The maximum atomic E-state index is 11.4. The van der Waals surface area contributed by atoms with Crippen molar-refractivity contribution in [3.8, 4) is 5.75 Å². The van der Waals surface area contributed by atoms with E-state index in [-0.39, 0.29) is 5.75 Å². The number of carbonyl (C=O) groups is 1. The van der Waals surface area contributed by atoms with Crippen molar-refractivity contribution in [3.63, 3.8) is 0 Å². The first-order valence-corrected chi connectivity index (χ1v) is 5.19. The van der Waals surface area contributed by atoms with Gasteiger partial charge in [-0.3, -0.25) is 4.79 Å². The van der Waals surface area contributed by atoms with E-state index in [1.165, 1.54) is 0 Å². The van der Waals surface area contributed by atoms with Gasteiger partial charge in [0, 0.05) is 5.56 Å². The molecule has 1 fully saturated rings. The normalized spacial score (nSPS) is 18.9. The Hall–Kier alpha value is -1.51. The number of phenolic OH excluding ortho intramolecular Hbond substituents is 1. The molecule has 80 valence electrons. The Labute approximate surface area is 88.4 Å². The predicted octanol–water partition coefficient (Wildman–Crippen LogP) is 2.29. The molecule has 3 nitrogen and oxygen atoms in total. The molecule has 0 unspecified atom stereocenters. The van der Waals surface area contributed by atoms with Gasteiger partial charge in [0.25, 0.3) is 0 Å². The van der Waals surface area contributed by atoms with Crippen molar-refractivity contribution in [2.45, 2.75) is 31.1 Å². The molecule has 1 saturated carbocycles. The van der Waals surface area contributed by atoms with Gasteiger partial charge in [-0.25, -0.2) is 0 Å². The summed E-state index contributed by atoms with van der Waals surface area (Å²) in [5.74, 6) is -0.719. The zero-order chi connectivity index (χ0) is 10.9. The molecular weight excluding hydrogens is 192 g/mol. The molecule has 0 amide bonds. The van der Waals surface area contributed by atoms with Crippen molar-refractivity contribution in [2.24, 2.45) is 0 Å². The average molecular weight is 206 g/mol. The van der Waals surface area contributed by atoms with E-state index in [0.717, 1.165) is 12.8 Å². The van der Waals surface area contributed by atoms with Crippen LogP contribution in [0.1, 0.15) is 31.2 Å². The maximum absolute atomic E-state index is 11.4. The van der Waals surface area contributed by atoms with Crippen molar-refractivity contribution >= 4 is 5.97 Å². The molecule has 2 rings (SSSR count). The fraction of sp³-hybridized carbons (Fsp3) is 0.417. The van der Waals surface area contributed by atoms with Crippen molar-refractivity contribution in [1.82, 2.24) is 0 Å². The quantitative estimate of drug-likeness (QED) is 0.780. The Balaban J connectivity index is 2.50. The molecule has 2 N–H and O–H groups in total. The summed E-state index contributed by atoms with van der Waals surface area (Å²) in [6, 6.07) is 6.76. The smallest absolute Gasteiger partial charge is 0.314 e. The minimum Gasteiger partial charge on any atom is -0.508 e. The fourth-order valence-electron chi connectivity index (χ4n) is 2.46. The number of carboxylic acids is 1. The molecule has 3 heteroatoms. The first-order valence-electron chi connectivity index (χ1n) is 5.19. The van der Waals surface area contributed by atoms with Crippen LogP contribution in [0.15, 0.2) is 24.3 Å². The van der Waals surface area contributed by atoms with Gasteiger partial charge in [0.05, 0.1) is 5.41 Å². The number of hydrogen-bond acceptors (Lipinski definition) is 2. The Morgan fingerprint density at radius 2 is 1.80 bits per heavy atom. The molecule has 0 aliphatic heterocycles. The topological polar surface area (TPSA) is 57.5 Å². The molecule has 0 radical (unpaired) electrons. The number of benzene rings is 1. The van der Waals surface area contributed by atoms with E-state index in [1.807, 2.05) is 0 Å². The highest BCUT2D eigenvalue weighted by Crippen LogP contribution is 2.44. The van der Waals surface area contributed by atoms with E-state index in [9.17, 15) is 15.0 Å². The first-order chi connectivity index (χ1) is 7.17. The number of rotatable bonds is 2. The standard InChI is InChI=1S/C12H14O3/c13-10-6-2-1-5-9(10)12(11(14)15)7-3-4-8-12/h1-2,5-6,13H,3-4,7-8H2,(H,14,15). The third-order valence-corrected chi connectivity index (χ3v) is 3.29. The predicted molar refractivity (Wildman–Crippen MR) is 55.9 cm³/mol. The third-order valence-electron chi connectivity index (χ3n) is 3.29. The molecule has 0 heterocycles. The Bertz CT molecular complexity index is 378. The summed E-state index contributed by atoms with van der Waals surface area (Å²) < 4.78 is 0. The molecule has 1 aliphatic carbocycles. The number of para-hydroxylation sites is 1. The van der Waals surface area contributed by atoms with E-state index in [4.69, 9.17) is 0 Å². The summed E-state index contributed by atoms with van der Waals surface area (Å²) in [6.07, 6.45) is 3.08. The van der Waals surface area contributed by atoms with Crippen LogP contribution >= 0.6 is 0 Å². The lowest BCUT2D eigenvalue weighted by Crippen LogP contribution is -2.32. The number of phenols is 1. The molecule has 1 aliphatic rings. The second-order valence-electron chi connectivity index (χ2n) is 4.11. The SMILES string of the molecule is O=C(O)C1(c2ccccc2O)CCCC1. The van der Waals surface area contributed by atoms with Crippen LogP contribution in [0.5, 0.6) is 5.75 Å². The largest absolute Gasteiger partial charge is 0.508 e. The summed E-state index contributed by atoms with van der Waals surface area (Å²) in [6.45, 7) is 0. The van der Waals surface area contributed by atoms with Crippen LogP contribution in [0.3, 0.4) is 0 Å². The Kier molecular flexibility index (Phi) is 2.39.